The lowest BCUT2D eigenvalue weighted by molar-refractivity contribution is -0.123. The minimum absolute atomic E-state index is 0.195. The van der Waals surface area contributed by atoms with Gasteiger partial charge in [-0.25, -0.2) is 4.98 Å². The summed E-state index contributed by atoms with van der Waals surface area (Å²) in [6.45, 7) is 0.347. The van der Waals surface area contributed by atoms with Crippen LogP contribution in [0, 0.1) is 0 Å². The zero-order valence-corrected chi connectivity index (χ0v) is 22.8. The number of benzene rings is 2. The first-order valence-electron chi connectivity index (χ1n) is 12.9. The van der Waals surface area contributed by atoms with Gasteiger partial charge in [0.15, 0.2) is 6.61 Å². The molecule has 0 unspecified atom stereocenters. The van der Waals surface area contributed by atoms with Crippen molar-refractivity contribution < 1.29 is 38.1 Å². The number of ether oxygens (including phenoxy) is 5. The van der Waals surface area contributed by atoms with Crippen LogP contribution in [-0.2, 0) is 11.3 Å². The average Bonchev–Trinajstić information content (AvgIpc) is 3.39. The molecule has 4 heterocycles. The van der Waals surface area contributed by atoms with Crippen molar-refractivity contribution >= 4 is 17.7 Å². The normalized spacial score (nSPS) is 18.7. The maximum Gasteiger partial charge on any atom is 0.258 e. The molecule has 41 heavy (non-hydrogen) atoms. The van der Waals surface area contributed by atoms with Crippen LogP contribution in [0.25, 0.3) is 0 Å². The van der Waals surface area contributed by atoms with Gasteiger partial charge in [0.25, 0.3) is 17.7 Å². The Morgan fingerprint density at radius 3 is 2.61 bits per heavy atom. The lowest BCUT2D eigenvalue weighted by atomic mass is 10.1. The van der Waals surface area contributed by atoms with Crippen molar-refractivity contribution in [1.29, 1.82) is 0 Å². The summed E-state index contributed by atoms with van der Waals surface area (Å²) in [6.07, 6.45) is 0.919. The Hall–Kier alpha value is -5.00. The van der Waals surface area contributed by atoms with E-state index in [9.17, 15) is 14.4 Å². The molecular formula is C29H30N4O8. The summed E-state index contributed by atoms with van der Waals surface area (Å²) in [7, 11) is 4.48. The van der Waals surface area contributed by atoms with Gasteiger partial charge in [0.2, 0.25) is 5.88 Å². The van der Waals surface area contributed by atoms with Crippen LogP contribution in [0.2, 0.25) is 0 Å². The van der Waals surface area contributed by atoms with Gasteiger partial charge < -0.3 is 39.2 Å². The van der Waals surface area contributed by atoms with Gasteiger partial charge in [-0.15, -0.1) is 0 Å². The predicted molar refractivity (Wildman–Crippen MR) is 146 cm³/mol. The Morgan fingerprint density at radius 1 is 0.976 bits per heavy atom. The highest BCUT2D eigenvalue weighted by molar-refractivity contribution is 5.96. The molecule has 1 fully saturated rings. The molecule has 3 aliphatic heterocycles. The highest BCUT2D eigenvalue weighted by Crippen LogP contribution is 2.29. The minimum Gasteiger partial charge on any atom is -0.497 e. The number of carbonyl (C=O) groups excluding carboxylic acids is 3. The van der Waals surface area contributed by atoms with Crippen molar-refractivity contribution in [2.75, 3.05) is 41.0 Å². The van der Waals surface area contributed by atoms with E-state index in [4.69, 9.17) is 23.7 Å². The standard InChI is InChI=1S/C29H30N4O8/c1-37-21-8-19-9-22(11-21)40-16-26(34)31-13-18-4-5-20(12-24(18)38-2)41-25-15-33(14-23(25)32-28(19)35)29(36)17-6-7-30-27(10-17)39-3/h4-12,23,25H,13-16H2,1-3H3,(H,31,34)(H,32,35)/t23-,25-/m0/s1. The van der Waals surface area contributed by atoms with Crippen LogP contribution < -0.4 is 34.3 Å². The minimum atomic E-state index is -0.584. The van der Waals surface area contributed by atoms with Crippen LogP contribution in [0.15, 0.2) is 54.7 Å². The number of hydrogen-bond acceptors (Lipinski definition) is 9. The largest absolute Gasteiger partial charge is 0.497 e. The van der Waals surface area contributed by atoms with Crippen LogP contribution in [0.3, 0.4) is 0 Å². The number of pyridine rings is 1. The zero-order chi connectivity index (χ0) is 28.9. The van der Waals surface area contributed by atoms with Crippen molar-refractivity contribution in [3.05, 3.63) is 71.4 Å². The van der Waals surface area contributed by atoms with Crippen molar-refractivity contribution in [1.82, 2.24) is 20.5 Å². The molecule has 3 aromatic rings. The van der Waals surface area contributed by atoms with Crippen LogP contribution in [0.1, 0.15) is 26.3 Å². The summed E-state index contributed by atoms with van der Waals surface area (Å²) in [5.74, 6) is 0.969. The summed E-state index contributed by atoms with van der Waals surface area (Å²) in [6, 6.07) is 12.5. The Labute approximate surface area is 236 Å². The highest BCUT2D eigenvalue weighted by atomic mass is 16.5. The van der Waals surface area contributed by atoms with E-state index in [0.29, 0.717) is 28.7 Å². The van der Waals surface area contributed by atoms with E-state index < -0.39 is 18.1 Å². The number of aromatic nitrogens is 1. The van der Waals surface area contributed by atoms with Crippen LogP contribution in [0.5, 0.6) is 28.9 Å². The van der Waals surface area contributed by atoms with Crippen LogP contribution >= 0.6 is 0 Å². The number of amides is 3. The number of nitrogens with zero attached hydrogens (tertiary/aromatic N) is 2. The van der Waals surface area contributed by atoms with Crippen molar-refractivity contribution in [3.63, 3.8) is 0 Å². The van der Waals surface area contributed by atoms with Crippen molar-refractivity contribution in [3.8, 4) is 28.9 Å². The molecular weight excluding hydrogens is 532 g/mol. The fourth-order valence-electron chi connectivity index (χ4n) is 4.70. The first-order valence-corrected chi connectivity index (χ1v) is 12.9. The zero-order valence-electron chi connectivity index (χ0n) is 22.8. The molecule has 0 spiro atoms. The highest BCUT2D eigenvalue weighted by Gasteiger charge is 2.38. The third-order valence-electron chi connectivity index (χ3n) is 6.83. The summed E-state index contributed by atoms with van der Waals surface area (Å²) in [5, 5.41) is 5.80. The van der Waals surface area contributed by atoms with Crippen molar-refractivity contribution in [2.45, 2.75) is 18.7 Å². The third-order valence-corrected chi connectivity index (χ3v) is 6.83. The quantitative estimate of drug-likeness (QED) is 0.488. The molecule has 2 atom stereocenters. The van der Waals surface area contributed by atoms with Gasteiger partial charge in [-0.3, -0.25) is 14.4 Å². The molecule has 4 bridgehead atoms. The second-order valence-electron chi connectivity index (χ2n) is 9.47. The van der Waals surface area contributed by atoms with E-state index in [2.05, 4.69) is 15.6 Å². The molecule has 0 radical (unpaired) electrons. The molecule has 2 aromatic carbocycles. The second-order valence-corrected chi connectivity index (χ2v) is 9.47. The van der Waals surface area contributed by atoms with Crippen LogP contribution in [0.4, 0.5) is 0 Å². The number of methoxy groups -OCH3 is 3. The molecule has 3 aliphatic rings. The fourth-order valence-corrected chi connectivity index (χ4v) is 4.70. The number of rotatable bonds is 4. The van der Waals surface area contributed by atoms with E-state index in [-0.39, 0.29) is 49.4 Å². The summed E-state index contributed by atoms with van der Waals surface area (Å²) < 4.78 is 28.0. The van der Waals surface area contributed by atoms with Crippen LogP contribution in [-0.4, -0.2) is 80.8 Å². The number of carbonyl (C=O) groups is 3. The van der Waals surface area contributed by atoms with E-state index in [1.807, 2.05) is 0 Å². The Bertz CT molecular complexity index is 1460. The van der Waals surface area contributed by atoms with Gasteiger partial charge in [0.1, 0.15) is 29.1 Å². The lowest BCUT2D eigenvalue weighted by Crippen LogP contribution is -2.45. The molecule has 0 saturated carbocycles. The van der Waals surface area contributed by atoms with Gasteiger partial charge in [0.05, 0.1) is 33.9 Å². The molecule has 1 aromatic heterocycles. The molecule has 6 rings (SSSR count). The molecule has 0 aliphatic carbocycles. The molecule has 214 valence electrons. The monoisotopic (exact) mass is 562 g/mol. The first kappa shape index (κ1) is 27.6. The molecule has 2 N–H and O–H groups in total. The first-order chi connectivity index (χ1) is 19.9. The maximum absolute atomic E-state index is 13.4. The molecule has 12 nitrogen and oxygen atoms in total. The Balaban J connectivity index is 1.48. The molecule has 3 amide bonds. The number of hydrogen-bond donors (Lipinski definition) is 2. The van der Waals surface area contributed by atoms with Gasteiger partial charge in [-0.1, -0.05) is 0 Å². The van der Waals surface area contributed by atoms with E-state index in [0.717, 1.165) is 5.56 Å². The number of nitrogens with one attached hydrogen (secondary N) is 2. The average molecular weight is 563 g/mol. The summed E-state index contributed by atoms with van der Waals surface area (Å²) >= 11 is 0. The summed E-state index contributed by atoms with van der Waals surface area (Å²) in [4.78, 5) is 45.0. The number of fused-ring (bicyclic) bond motifs is 7. The topological polar surface area (TPSA) is 138 Å². The second kappa shape index (κ2) is 12.0. The third kappa shape index (κ3) is 6.26. The van der Waals surface area contributed by atoms with E-state index in [1.165, 1.54) is 33.6 Å². The smallest absolute Gasteiger partial charge is 0.258 e. The van der Waals surface area contributed by atoms with Gasteiger partial charge in [0, 0.05) is 54.2 Å². The van der Waals surface area contributed by atoms with Crippen molar-refractivity contribution in [2.24, 2.45) is 0 Å². The lowest BCUT2D eigenvalue weighted by Gasteiger charge is -2.22. The molecule has 12 heteroatoms. The maximum atomic E-state index is 13.4. The molecule has 1 saturated heterocycles. The Kier molecular flexibility index (Phi) is 8.09. The SMILES string of the molecule is COc1cc2cc(c1)C(=O)N[C@H]1CN(C(=O)c3ccnc(OC)c3)C[C@@H]1Oc1ccc(c(OC)c1)CNC(=O)CO2. The van der Waals surface area contributed by atoms with E-state index >= 15 is 0 Å². The fraction of sp³-hybridized carbons (Fsp3) is 0.310. The Morgan fingerprint density at radius 2 is 1.83 bits per heavy atom. The predicted octanol–water partition coefficient (Wildman–Crippen LogP) is 1.82. The van der Waals surface area contributed by atoms with E-state index in [1.54, 1.807) is 47.4 Å². The van der Waals surface area contributed by atoms with Gasteiger partial charge in [-0.2, -0.15) is 0 Å². The van der Waals surface area contributed by atoms with Gasteiger partial charge >= 0.3 is 0 Å². The van der Waals surface area contributed by atoms with Gasteiger partial charge in [-0.05, 0) is 30.3 Å². The summed E-state index contributed by atoms with van der Waals surface area (Å²) in [5.41, 5.74) is 1.40. The number of likely N-dealkylation sites (tertiary alicyclic amines) is 1.